The highest BCUT2D eigenvalue weighted by atomic mass is 16.5. The molecule has 20 heavy (non-hydrogen) atoms. The molecule has 1 aromatic carbocycles. The summed E-state index contributed by atoms with van der Waals surface area (Å²) in [5.41, 5.74) is 5.33. The number of hydrogen-bond acceptors (Lipinski definition) is 5. The second kappa shape index (κ2) is 6.58. The molecule has 1 aliphatic rings. The van der Waals surface area contributed by atoms with Crippen molar-refractivity contribution in [3.8, 4) is 5.75 Å². The van der Waals surface area contributed by atoms with Gasteiger partial charge in [0.15, 0.2) is 6.61 Å². The molecule has 0 radical (unpaired) electrons. The van der Waals surface area contributed by atoms with Crippen LogP contribution >= 0.6 is 0 Å². The first-order valence-electron chi connectivity index (χ1n) is 6.63. The number of benzene rings is 1. The standard InChI is InChI=1S/C14H20N2O4/c15-11-2-1-3-12(8-11)20-9-13(17)16-10-14(18)4-6-19-7-5-14/h1-3,8,18H,4-7,9-10,15H2,(H,16,17). The Hall–Kier alpha value is -1.79. The molecule has 0 aromatic heterocycles. The van der Waals surface area contributed by atoms with Gasteiger partial charge in [0, 0.05) is 44.4 Å². The Labute approximate surface area is 117 Å². The third-order valence-electron chi connectivity index (χ3n) is 3.27. The van der Waals surface area contributed by atoms with Crippen molar-refractivity contribution >= 4 is 11.6 Å². The molecule has 2 rings (SSSR count). The molecule has 0 spiro atoms. The summed E-state index contributed by atoms with van der Waals surface area (Å²) in [6, 6.07) is 6.88. The molecule has 1 aliphatic heterocycles. The highest BCUT2D eigenvalue weighted by Crippen LogP contribution is 2.19. The number of nitrogens with one attached hydrogen (secondary N) is 1. The Balaban J connectivity index is 1.72. The van der Waals surface area contributed by atoms with Gasteiger partial charge in [0.05, 0.1) is 5.60 Å². The summed E-state index contributed by atoms with van der Waals surface area (Å²) in [6.45, 7) is 1.16. The van der Waals surface area contributed by atoms with E-state index in [1.54, 1.807) is 24.3 Å². The molecule has 1 saturated heterocycles. The largest absolute Gasteiger partial charge is 0.484 e. The average Bonchev–Trinajstić information content (AvgIpc) is 2.44. The molecule has 0 atom stereocenters. The number of aliphatic hydroxyl groups is 1. The van der Waals surface area contributed by atoms with Gasteiger partial charge in [0.1, 0.15) is 5.75 Å². The monoisotopic (exact) mass is 280 g/mol. The predicted molar refractivity (Wildman–Crippen MR) is 74.4 cm³/mol. The number of anilines is 1. The van der Waals surface area contributed by atoms with Crippen molar-refractivity contribution in [2.75, 3.05) is 32.1 Å². The summed E-state index contributed by atoms with van der Waals surface area (Å²) >= 11 is 0. The summed E-state index contributed by atoms with van der Waals surface area (Å²) < 4.78 is 10.5. The lowest BCUT2D eigenvalue weighted by Gasteiger charge is -2.32. The molecular weight excluding hydrogens is 260 g/mol. The summed E-state index contributed by atoms with van der Waals surface area (Å²) in [7, 11) is 0. The minimum atomic E-state index is -0.870. The Morgan fingerprint density at radius 3 is 2.90 bits per heavy atom. The Bertz CT molecular complexity index is 458. The van der Waals surface area contributed by atoms with Crippen molar-refractivity contribution in [1.82, 2.24) is 5.32 Å². The molecule has 110 valence electrons. The van der Waals surface area contributed by atoms with Crippen LogP contribution in [0.15, 0.2) is 24.3 Å². The molecule has 1 aromatic rings. The van der Waals surface area contributed by atoms with E-state index >= 15 is 0 Å². The second-order valence-corrected chi connectivity index (χ2v) is 4.97. The normalized spacial score (nSPS) is 17.4. The summed E-state index contributed by atoms with van der Waals surface area (Å²) in [5.74, 6) is 0.275. The zero-order valence-electron chi connectivity index (χ0n) is 11.3. The molecule has 6 nitrogen and oxygen atoms in total. The van der Waals surface area contributed by atoms with Gasteiger partial charge in [-0.15, -0.1) is 0 Å². The SMILES string of the molecule is Nc1cccc(OCC(=O)NCC2(O)CCOCC2)c1. The van der Waals surface area contributed by atoms with E-state index in [0.717, 1.165) is 0 Å². The van der Waals surface area contributed by atoms with Crippen molar-refractivity contribution in [3.05, 3.63) is 24.3 Å². The van der Waals surface area contributed by atoms with Crippen LogP contribution in [0.4, 0.5) is 5.69 Å². The first-order chi connectivity index (χ1) is 9.57. The van der Waals surface area contributed by atoms with E-state index in [2.05, 4.69) is 5.32 Å². The smallest absolute Gasteiger partial charge is 0.258 e. The number of ether oxygens (including phenoxy) is 2. The van der Waals surface area contributed by atoms with E-state index in [4.69, 9.17) is 15.2 Å². The minimum absolute atomic E-state index is 0.101. The van der Waals surface area contributed by atoms with Gasteiger partial charge in [-0.05, 0) is 12.1 Å². The summed E-state index contributed by atoms with van der Waals surface area (Å²) in [6.07, 6.45) is 1.06. The first-order valence-corrected chi connectivity index (χ1v) is 6.63. The maximum atomic E-state index is 11.7. The number of carbonyl (C=O) groups excluding carboxylic acids is 1. The fourth-order valence-corrected chi connectivity index (χ4v) is 2.00. The molecule has 1 amide bonds. The Kier molecular flexibility index (Phi) is 4.81. The zero-order chi connectivity index (χ0) is 14.4. The van der Waals surface area contributed by atoms with Gasteiger partial charge in [-0.1, -0.05) is 6.07 Å². The number of nitrogen functional groups attached to an aromatic ring is 1. The van der Waals surface area contributed by atoms with E-state index in [1.165, 1.54) is 0 Å². The van der Waals surface area contributed by atoms with Crippen LogP contribution in [-0.2, 0) is 9.53 Å². The molecular formula is C14H20N2O4. The number of rotatable bonds is 5. The first kappa shape index (κ1) is 14.6. The van der Waals surface area contributed by atoms with Crippen LogP contribution in [0.1, 0.15) is 12.8 Å². The third-order valence-corrected chi connectivity index (χ3v) is 3.27. The van der Waals surface area contributed by atoms with Gasteiger partial charge in [-0.3, -0.25) is 4.79 Å². The molecule has 4 N–H and O–H groups in total. The highest BCUT2D eigenvalue weighted by Gasteiger charge is 2.30. The van der Waals surface area contributed by atoms with Crippen LogP contribution in [0, 0.1) is 0 Å². The summed E-state index contributed by atoms with van der Waals surface area (Å²) in [4.78, 5) is 11.7. The number of carbonyl (C=O) groups is 1. The van der Waals surface area contributed by atoms with Gasteiger partial charge in [-0.2, -0.15) is 0 Å². The van der Waals surface area contributed by atoms with Gasteiger partial charge in [-0.25, -0.2) is 0 Å². The maximum absolute atomic E-state index is 11.7. The maximum Gasteiger partial charge on any atom is 0.258 e. The fourth-order valence-electron chi connectivity index (χ4n) is 2.00. The van der Waals surface area contributed by atoms with E-state index < -0.39 is 5.60 Å². The molecule has 0 bridgehead atoms. The third kappa shape index (κ3) is 4.40. The topological polar surface area (TPSA) is 93.8 Å². The van der Waals surface area contributed by atoms with Crippen LogP contribution < -0.4 is 15.8 Å². The molecule has 1 fully saturated rings. The fraction of sp³-hybridized carbons (Fsp3) is 0.500. The number of amides is 1. The van der Waals surface area contributed by atoms with Crippen molar-refractivity contribution in [3.63, 3.8) is 0 Å². The highest BCUT2D eigenvalue weighted by molar-refractivity contribution is 5.77. The summed E-state index contributed by atoms with van der Waals surface area (Å²) in [5, 5.41) is 12.9. The lowest BCUT2D eigenvalue weighted by Crippen LogP contribution is -2.47. The lowest BCUT2D eigenvalue weighted by molar-refractivity contribution is -0.125. The Morgan fingerprint density at radius 1 is 1.45 bits per heavy atom. The number of nitrogens with two attached hydrogens (primary N) is 1. The molecule has 0 aliphatic carbocycles. The lowest BCUT2D eigenvalue weighted by atomic mass is 9.94. The van der Waals surface area contributed by atoms with E-state index in [9.17, 15) is 9.90 Å². The van der Waals surface area contributed by atoms with Gasteiger partial charge < -0.3 is 25.6 Å². The molecule has 0 saturated carbocycles. The average molecular weight is 280 g/mol. The van der Waals surface area contributed by atoms with Gasteiger partial charge >= 0.3 is 0 Å². The molecule has 1 heterocycles. The number of hydrogen-bond donors (Lipinski definition) is 3. The van der Waals surface area contributed by atoms with Crippen LogP contribution in [0.2, 0.25) is 0 Å². The zero-order valence-corrected chi connectivity index (χ0v) is 11.3. The van der Waals surface area contributed by atoms with Gasteiger partial charge in [0.25, 0.3) is 5.91 Å². The minimum Gasteiger partial charge on any atom is -0.484 e. The van der Waals surface area contributed by atoms with E-state index in [1.807, 2.05) is 0 Å². The van der Waals surface area contributed by atoms with Crippen molar-refractivity contribution < 1.29 is 19.4 Å². The van der Waals surface area contributed by atoms with Crippen molar-refractivity contribution in [1.29, 1.82) is 0 Å². The second-order valence-electron chi connectivity index (χ2n) is 4.97. The molecule has 6 heteroatoms. The van der Waals surface area contributed by atoms with Crippen LogP contribution in [0.25, 0.3) is 0 Å². The van der Waals surface area contributed by atoms with Crippen LogP contribution in [-0.4, -0.2) is 43.0 Å². The van der Waals surface area contributed by atoms with Crippen molar-refractivity contribution in [2.24, 2.45) is 0 Å². The van der Waals surface area contributed by atoms with Gasteiger partial charge in [0.2, 0.25) is 0 Å². The van der Waals surface area contributed by atoms with Crippen LogP contribution in [0.5, 0.6) is 5.75 Å². The quantitative estimate of drug-likeness (QED) is 0.675. The van der Waals surface area contributed by atoms with E-state index in [-0.39, 0.29) is 19.1 Å². The predicted octanol–water partition coefficient (Wildman–Crippen LogP) is 0.305. The Morgan fingerprint density at radius 2 is 2.20 bits per heavy atom. The van der Waals surface area contributed by atoms with Crippen molar-refractivity contribution in [2.45, 2.75) is 18.4 Å². The van der Waals surface area contributed by atoms with Crippen LogP contribution in [0.3, 0.4) is 0 Å². The van der Waals surface area contributed by atoms with E-state index in [0.29, 0.717) is 37.5 Å². The molecule has 0 unspecified atom stereocenters.